The highest BCUT2D eigenvalue weighted by Gasteiger charge is 2.59. The standard InChI is InChI=1S/C28H48O2/c1-18(2)7-12-26(30-6)19(3)23-10-11-24-22-9-8-20-17-21(29)13-15-27(20,4)25(22)14-16-28(23,24)5/h8,18-19,21-26,29H,7,9-17H2,1-6H3/t19-,21-,22-,23+,24-,25-,26-,27-,28+/m0/s1. The highest BCUT2D eigenvalue weighted by molar-refractivity contribution is 5.25. The minimum atomic E-state index is -0.0942. The quantitative estimate of drug-likeness (QED) is 0.472. The van der Waals surface area contributed by atoms with Gasteiger partial charge in [-0.3, -0.25) is 0 Å². The summed E-state index contributed by atoms with van der Waals surface area (Å²) in [4.78, 5) is 0. The lowest BCUT2D eigenvalue weighted by molar-refractivity contribution is -0.0728. The number of hydrogen-bond acceptors (Lipinski definition) is 2. The Kier molecular flexibility index (Phi) is 6.50. The first-order chi connectivity index (χ1) is 14.2. The summed E-state index contributed by atoms with van der Waals surface area (Å²) >= 11 is 0. The second-order valence-corrected chi connectivity index (χ2v) is 12.5. The number of allylic oxidation sites excluding steroid dienone is 1. The first kappa shape index (κ1) is 22.8. The SMILES string of the molecule is CO[C@@H](CCC(C)C)[C@@H](C)[C@H]1CC[C@H]2[C@@H]3CC=C4C[C@@H](O)CC[C@]4(C)[C@H]3CC[C@]12C. The summed E-state index contributed by atoms with van der Waals surface area (Å²) in [5.41, 5.74) is 2.45. The van der Waals surface area contributed by atoms with Gasteiger partial charge in [0.2, 0.25) is 0 Å². The molecule has 3 fully saturated rings. The molecule has 0 spiro atoms. The van der Waals surface area contributed by atoms with E-state index in [2.05, 4.69) is 40.7 Å². The number of rotatable bonds is 6. The minimum absolute atomic E-state index is 0.0942. The molecule has 0 amide bonds. The van der Waals surface area contributed by atoms with Crippen molar-refractivity contribution < 1.29 is 9.84 Å². The molecule has 0 aromatic carbocycles. The van der Waals surface area contributed by atoms with Crippen LogP contribution in [-0.4, -0.2) is 24.4 Å². The molecule has 0 unspecified atom stereocenters. The van der Waals surface area contributed by atoms with Crippen LogP contribution in [-0.2, 0) is 4.74 Å². The molecule has 30 heavy (non-hydrogen) atoms. The molecule has 4 rings (SSSR count). The maximum atomic E-state index is 10.2. The van der Waals surface area contributed by atoms with E-state index in [0.717, 1.165) is 42.4 Å². The van der Waals surface area contributed by atoms with Gasteiger partial charge in [0.25, 0.3) is 0 Å². The molecule has 0 aromatic rings. The first-order valence-electron chi connectivity index (χ1n) is 13.1. The van der Waals surface area contributed by atoms with Crippen molar-refractivity contribution in [3.63, 3.8) is 0 Å². The van der Waals surface area contributed by atoms with Gasteiger partial charge in [0.15, 0.2) is 0 Å². The number of aliphatic hydroxyl groups is 1. The lowest BCUT2D eigenvalue weighted by Crippen LogP contribution is -2.51. The van der Waals surface area contributed by atoms with E-state index in [1.54, 1.807) is 5.57 Å². The highest BCUT2D eigenvalue weighted by atomic mass is 16.5. The number of methoxy groups -OCH3 is 1. The summed E-state index contributed by atoms with van der Waals surface area (Å²) in [6.07, 6.45) is 15.4. The minimum Gasteiger partial charge on any atom is -0.393 e. The summed E-state index contributed by atoms with van der Waals surface area (Å²) in [5, 5.41) is 10.2. The normalized spacial score (nSPS) is 45.3. The van der Waals surface area contributed by atoms with Crippen molar-refractivity contribution in [1.82, 2.24) is 0 Å². The van der Waals surface area contributed by atoms with Gasteiger partial charge in [0.05, 0.1) is 12.2 Å². The number of hydrogen-bond donors (Lipinski definition) is 1. The Bertz CT molecular complexity index is 639. The third kappa shape index (κ3) is 3.72. The summed E-state index contributed by atoms with van der Waals surface area (Å²) in [6.45, 7) is 12.4. The van der Waals surface area contributed by atoms with Gasteiger partial charge in [-0.2, -0.15) is 0 Å². The Morgan fingerprint density at radius 2 is 1.80 bits per heavy atom. The molecule has 0 bridgehead atoms. The third-order valence-electron chi connectivity index (χ3n) is 10.7. The summed E-state index contributed by atoms with van der Waals surface area (Å²) < 4.78 is 6.07. The van der Waals surface area contributed by atoms with Crippen LogP contribution >= 0.6 is 0 Å². The fourth-order valence-corrected chi connectivity index (χ4v) is 8.90. The molecular weight excluding hydrogens is 368 g/mol. The van der Waals surface area contributed by atoms with Crippen LogP contribution < -0.4 is 0 Å². The second kappa shape index (κ2) is 8.54. The van der Waals surface area contributed by atoms with E-state index in [0.29, 0.717) is 22.9 Å². The monoisotopic (exact) mass is 416 g/mol. The first-order valence-corrected chi connectivity index (χ1v) is 13.1. The summed E-state index contributed by atoms with van der Waals surface area (Å²) in [7, 11) is 1.94. The van der Waals surface area contributed by atoms with Gasteiger partial charge in [-0.15, -0.1) is 0 Å². The van der Waals surface area contributed by atoms with E-state index in [-0.39, 0.29) is 6.10 Å². The molecule has 9 atom stereocenters. The van der Waals surface area contributed by atoms with E-state index in [1.807, 2.05) is 7.11 Å². The van der Waals surface area contributed by atoms with Gasteiger partial charge in [0, 0.05) is 7.11 Å². The second-order valence-electron chi connectivity index (χ2n) is 12.5. The highest BCUT2D eigenvalue weighted by Crippen LogP contribution is 2.67. The van der Waals surface area contributed by atoms with Crippen LogP contribution in [0.3, 0.4) is 0 Å². The Morgan fingerprint density at radius 1 is 1.03 bits per heavy atom. The van der Waals surface area contributed by atoms with Gasteiger partial charge in [-0.05, 0) is 111 Å². The zero-order chi connectivity index (χ0) is 21.7. The molecular formula is C28H48O2. The van der Waals surface area contributed by atoms with Gasteiger partial charge < -0.3 is 9.84 Å². The van der Waals surface area contributed by atoms with E-state index in [9.17, 15) is 5.11 Å². The molecule has 4 aliphatic rings. The van der Waals surface area contributed by atoms with Gasteiger partial charge in [-0.25, -0.2) is 0 Å². The zero-order valence-electron chi connectivity index (χ0n) is 20.6. The number of aliphatic hydroxyl groups excluding tert-OH is 1. The molecule has 0 radical (unpaired) electrons. The smallest absolute Gasteiger partial charge is 0.0599 e. The van der Waals surface area contributed by atoms with Crippen molar-refractivity contribution in [2.24, 2.45) is 46.3 Å². The van der Waals surface area contributed by atoms with Crippen molar-refractivity contribution in [2.45, 2.75) is 111 Å². The van der Waals surface area contributed by atoms with Crippen LogP contribution in [0.2, 0.25) is 0 Å². The molecule has 3 saturated carbocycles. The van der Waals surface area contributed by atoms with Crippen molar-refractivity contribution in [1.29, 1.82) is 0 Å². The van der Waals surface area contributed by atoms with Crippen molar-refractivity contribution in [3.8, 4) is 0 Å². The molecule has 0 aliphatic heterocycles. The average Bonchev–Trinajstić information content (AvgIpc) is 3.05. The van der Waals surface area contributed by atoms with E-state index in [1.165, 1.54) is 51.4 Å². The lowest BCUT2D eigenvalue weighted by Gasteiger charge is -2.58. The fraction of sp³-hybridized carbons (Fsp3) is 0.929. The Labute approximate surface area is 186 Å². The average molecular weight is 417 g/mol. The summed E-state index contributed by atoms with van der Waals surface area (Å²) in [5.74, 6) is 4.82. The summed E-state index contributed by atoms with van der Waals surface area (Å²) in [6, 6.07) is 0. The van der Waals surface area contributed by atoms with E-state index in [4.69, 9.17) is 4.74 Å². The third-order valence-corrected chi connectivity index (χ3v) is 10.7. The van der Waals surface area contributed by atoms with Crippen LogP contribution in [0.1, 0.15) is 98.8 Å². The van der Waals surface area contributed by atoms with Gasteiger partial charge in [-0.1, -0.05) is 46.3 Å². The van der Waals surface area contributed by atoms with E-state index < -0.39 is 0 Å². The number of fused-ring (bicyclic) bond motifs is 5. The van der Waals surface area contributed by atoms with Crippen molar-refractivity contribution in [2.75, 3.05) is 7.11 Å². The van der Waals surface area contributed by atoms with Gasteiger partial charge in [0.1, 0.15) is 0 Å². The van der Waals surface area contributed by atoms with Crippen LogP contribution in [0.5, 0.6) is 0 Å². The predicted octanol–water partition coefficient (Wildman–Crippen LogP) is 7.01. The molecule has 0 aromatic heterocycles. The maximum absolute atomic E-state index is 10.2. The van der Waals surface area contributed by atoms with Crippen LogP contribution in [0.4, 0.5) is 0 Å². The van der Waals surface area contributed by atoms with Crippen molar-refractivity contribution in [3.05, 3.63) is 11.6 Å². The molecule has 0 saturated heterocycles. The largest absolute Gasteiger partial charge is 0.393 e. The zero-order valence-corrected chi connectivity index (χ0v) is 20.6. The fourth-order valence-electron chi connectivity index (χ4n) is 8.90. The lowest BCUT2D eigenvalue weighted by atomic mass is 9.47. The van der Waals surface area contributed by atoms with Crippen molar-refractivity contribution >= 4 is 0 Å². The van der Waals surface area contributed by atoms with Crippen LogP contribution in [0, 0.1) is 46.3 Å². The predicted molar refractivity (Wildman–Crippen MR) is 125 cm³/mol. The maximum Gasteiger partial charge on any atom is 0.0599 e. The molecule has 172 valence electrons. The van der Waals surface area contributed by atoms with E-state index >= 15 is 0 Å². The Morgan fingerprint density at radius 3 is 2.50 bits per heavy atom. The van der Waals surface area contributed by atoms with Crippen LogP contribution in [0.15, 0.2) is 11.6 Å². The molecule has 1 N–H and O–H groups in total. The van der Waals surface area contributed by atoms with Gasteiger partial charge >= 0.3 is 0 Å². The molecule has 4 aliphatic carbocycles. The molecule has 0 heterocycles. The Hall–Kier alpha value is -0.340. The number of ether oxygens (including phenoxy) is 1. The topological polar surface area (TPSA) is 29.5 Å². The van der Waals surface area contributed by atoms with Crippen LogP contribution in [0.25, 0.3) is 0 Å². The molecule has 2 heteroatoms. The molecule has 2 nitrogen and oxygen atoms in total. The Balaban J connectivity index is 1.52.